The van der Waals surface area contributed by atoms with E-state index < -0.39 is 5.60 Å². The van der Waals surface area contributed by atoms with Crippen molar-refractivity contribution < 1.29 is 14.6 Å². The van der Waals surface area contributed by atoms with Crippen LogP contribution in [0.4, 0.5) is 0 Å². The zero-order valence-electron chi connectivity index (χ0n) is 20.0. The van der Waals surface area contributed by atoms with Gasteiger partial charge in [-0.25, -0.2) is 4.68 Å². The summed E-state index contributed by atoms with van der Waals surface area (Å²) in [6.45, 7) is 7.74. The molecule has 1 aromatic rings. The van der Waals surface area contributed by atoms with Crippen molar-refractivity contribution in [3.8, 4) is 0 Å². The van der Waals surface area contributed by atoms with Crippen molar-refractivity contribution in [1.29, 1.82) is 0 Å². The van der Waals surface area contributed by atoms with Crippen LogP contribution in [0.25, 0.3) is 0 Å². The number of rotatable bonds is 6. The topological polar surface area (TPSA) is 90.1 Å². The molecule has 8 atom stereocenters. The molecule has 0 saturated heterocycles. The van der Waals surface area contributed by atoms with Crippen molar-refractivity contribution in [3.63, 3.8) is 0 Å². The monoisotopic (exact) mass is 444 g/mol. The molecule has 0 radical (unpaired) electrons. The van der Waals surface area contributed by atoms with Gasteiger partial charge in [0, 0.05) is 12.5 Å². The highest BCUT2D eigenvalue weighted by molar-refractivity contribution is 5.82. The first-order valence-electron chi connectivity index (χ1n) is 12.9. The molecule has 4 saturated carbocycles. The zero-order valence-corrected chi connectivity index (χ0v) is 20.0. The van der Waals surface area contributed by atoms with Crippen LogP contribution in [0.1, 0.15) is 77.5 Å². The SMILES string of the molecule is CCOC[C@@]1(O)CCC2[C@@H](CC[C@@H]3[C@@H]2CC[C@]2(C)[C@@H](C(=O)Cn4nnnc4C)CC[C@@H]32)C1. The van der Waals surface area contributed by atoms with Gasteiger partial charge in [-0.3, -0.25) is 4.79 Å². The quantitative estimate of drug-likeness (QED) is 0.721. The Hall–Kier alpha value is -1.34. The summed E-state index contributed by atoms with van der Waals surface area (Å²) in [5, 5.41) is 22.7. The van der Waals surface area contributed by atoms with Crippen molar-refractivity contribution >= 4 is 5.78 Å². The van der Waals surface area contributed by atoms with Crippen LogP contribution in [0.5, 0.6) is 0 Å². The van der Waals surface area contributed by atoms with Gasteiger partial charge in [0.25, 0.3) is 0 Å². The lowest BCUT2D eigenvalue weighted by Crippen LogP contribution is -2.52. The third-order valence-electron chi connectivity index (χ3n) is 10.1. The summed E-state index contributed by atoms with van der Waals surface area (Å²) in [7, 11) is 0. The number of hydrogen-bond donors (Lipinski definition) is 1. The first-order chi connectivity index (χ1) is 15.3. The molecule has 5 rings (SSSR count). The van der Waals surface area contributed by atoms with Gasteiger partial charge in [0.15, 0.2) is 5.78 Å². The maximum Gasteiger partial charge on any atom is 0.158 e. The molecule has 7 heteroatoms. The highest BCUT2D eigenvalue weighted by Gasteiger charge is 2.59. The van der Waals surface area contributed by atoms with E-state index in [1.165, 1.54) is 25.7 Å². The second-order valence-corrected chi connectivity index (χ2v) is 11.6. The van der Waals surface area contributed by atoms with Crippen LogP contribution in [0.3, 0.4) is 0 Å². The number of nitrogens with zero attached hydrogens (tertiary/aromatic N) is 4. The lowest BCUT2D eigenvalue weighted by molar-refractivity contribution is -0.138. The van der Waals surface area contributed by atoms with E-state index in [-0.39, 0.29) is 11.3 Å². The Balaban J connectivity index is 1.27. The molecular formula is C25H40N4O3. The standard InChI is InChI=1S/C25H40N4O3/c1-4-32-15-25(31)12-10-18-17(13-25)5-6-20-19(18)9-11-24(3)21(20)7-8-22(24)23(30)14-29-16(2)26-27-28-29/h17-22,31H,4-15H2,1-3H3/t17-,18?,19+,20+,21-,22+,24-,25+/m0/s1. The smallest absolute Gasteiger partial charge is 0.158 e. The fourth-order valence-corrected chi connectivity index (χ4v) is 8.57. The second kappa shape index (κ2) is 8.46. The second-order valence-electron chi connectivity index (χ2n) is 11.6. The third-order valence-corrected chi connectivity index (χ3v) is 10.1. The van der Waals surface area contributed by atoms with Crippen LogP contribution in [-0.2, 0) is 16.1 Å². The van der Waals surface area contributed by atoms with Crippen LogP contribution in [-0.4, -0.2) is 49.9 Å². The summed E-state index contributed by atoms with van der Waals surface area (Å²) in [6, 6.07) is 0. The average molecular weight is 445 g/mol. The van der Waals surface area contributed by atoms with Gasteiger partial charge in [-0.2, -0.15) is 0 Å². The highest BCUT2D eigenvalue weighted by Crippen LogP contribution is 2.64. The Kier molecular flexibility index (Phi) is 5.94. The molecule has 0 amide bonds. The van der Waals surface area contributed by atoms with Gasteiger partial charge in [-0.15, -0.1) is 5.10 Å². The first kappa shape index (κ1) is 22.5. The van der Waals surface area contributed by atoms with Crippen LogP contribution in [0.2, 0.25) is 0 Å². The number of aromatic nitrogens is 4. The van der Waals surface area contributed by atoms with Gasteiger partial charge in [-0.05, 0) is 117 Å². The number of hydrogen-bond acceptors (Lipinski definition) is 6. The van der Waals surface area contributed by atoms with Gasteiger partial charge in [-0.1, -0.05) is 6.92 Å². The van der Waals surface area contributed by atoms with Crippen LogP contribution >= 0.6 is 0 Å². The van der Waals surface area contributed by atoms with E-state index >= 15 is 0 Å². The van der Waals surface area contributed by atoms with Crippen molar-refractivity contribution in [2.45, 2.75) is 90.7 Å². The van der Waals surface area contributed by atoms with Gasteiger partial charge < -0.3 is 9.84 Å². The highest BCUT2D eigenvalue weighted by atomic mass is 16.5. The molecule has 178 valence electrons. The molecule has 0 spiro atoms. The minimum atomic E-state index is -0.619. The van der Waals surface area contributed by atoms with E-state index in [0.717, 1.165) is 49.9 Å². The summed E-state index contributed by atoms with van der Waals surface area (Å²) in [5.74, 6) is 4.74. The fourth-order valence-electron chi connectivity index (χ4n) is 8.57. The molecule has 1 aromatic heterocycles. The van der Waals surface area contributed by atoms with Crippen molar-refractivity contribution in [3.05, 3.63) is 5.82 Å². The molecule has 0 bridgehead atoms. The van der Waals surface area contributed by atoms with Gasteiger partial charge in [0.2, 0.25) is 0 Å². The molecule has 0 aromatic carbocycles. The van der Waals surface area contributed by atoms with Crippen LogP contribution < -0.4 is 0 Å². The molecule has 4 aliphatic carbocycles. The molecule has 1 unspecified atom stereocenters. The lowest BCUT2D eigenvalue weighted by Gasteiger charge is -2.57. The van der Waals surface area contributed by atoms with E-state index in [4.69, 9.17) is 4.74 Å². The van der Waals surface area contributed by atoms with Crippen LogP contribution in [0, 0.1) is 47.8 Å². The summed E-state index contributed by atoms with van der Waals surface area (Å²) in [4.78, 5) is 13.3. The molecule has 32 heavy (non-hydrogen) atoms. The molecule has 7 nitrogen and oxygen atoms in total. The van der Waals surface area contributed by atoms with Crippen molar-refractivity contribution in [2.24, 2.45) is 40.9 Å². The number of fused-ring (bicyclic) bond motifs is 5. The number of aryl methyl sites for hydroxylation is 1. The van der Waals surface area contributed by atoms with Gasteiger partial charge in [0.1, 0.15) is 12.4 Å². The molecule has 1 N–H and O–H groups in total. The average Bonchev–Trinajstić information content (AvgIpc) is 3.34. The Morgan fingerprint density at radius 3 is 2.69 bits per heavy atom. The predicted molar refractivity (Wildman–Crippen MR) is 120 cm³/mol. The Morgan fingerprint density at radius 2 is 1.94 bits per heavy atom. The normalized spacial score (nSPS) is 43.4. The number of ketones is 1. The minimum absolute atomic E-state index is 0.122. The number of aliphatic hydroxyl groups is 1. The first-order valence-corrected chi connectivity index (χ1v) is 12.9. The zero-order chi connectivity index (χ0) is 22.5. The summed E-state index contributed by atoms with van der Waals surface area (Å²) in [6.07, 6.45) is 10.0. The summed E-state index contributed by atoms with van der Waals surface area (Å²) >= 11 is 0. The fraction of sp³-hybridized carbons (Fsp3) is 0.920. The molecule has 4 aliphatic rings. The Labute approximate surface area is 191 Å². The van der Waals surface area contributed by atoms with Crippen LogP contribution in [0.15, 0.2) is 0 Å². The van der Waals surface area contributed by atoms with E-state index in [0.29, 0.717) is 43.2 Å². The number of carbonyl (C=O) groups is 1. The molecule has 1 heterocycles. The third kappa shape index (κ3) is 3.73. The number of carbonyl (C=O) groups excluding carboxylic acids is 1. The summed E-state index contributed by atoms with van der Waals surface area (Å²) < 4.78 is 7.27. The van der Waals surface area contributed by atoms with Gasteiger partial charge in [0.05, 0.1) is 12.2 Å². The van der Waals surface area contributed by atoms with E-state index in [9.17, 15) is 9.90 Å². The molecular weight excluding hydrogens is 404 g/mol. The van der Waals surface area contributed by atoms with Crippen molar-refractivity contribution in [1.82, 2.24) is 20.2 Å². The van der Waals surface area contributed by atoms with Gasteiger partial charge >= 0.3 is 0 Å². The van der Waals surface area contributed by atoms with Crippen molar-refractivity contribution in [2.75, 3.05) is 13.2 Å². The summed E-state index contributed by atoms with van der Waals surface area (Å²) in [5.41, 5.74) is -0.496. The van der Waals surface area contributed by atoms with E-state index in [1.807, 2.05) is 13.8 Å². The molecule has 0 aliphatic heterocycles. The Bertz CT molecular complexity index is 843. The predicted octanol–water partition coefficient (Wildman–Crippen LogP) is 3.59. The molecule has 4 fully saturated rings. The van der Waals surface area contributed by atoms with E-state index in [2.05, 4.69) is 22.4 Å². The minimum Gasteiger partial charge on any atom is -0.387 e. The number of tetrazole rings is 1. The maximum absolute atomic E-state index is 13.3. The lowest BCUT2D eigenvalue weighted by atomic mass is 9.49. The number of ether oxygens (including phenoxy) is 1. The number of Topliss-reactive ketones (excluding diaryl/α,β-unsaturated/α-hetero) is 1. The Morgan fingerprint density at radius 1 is 1.12 bits per heavy atom. The maximum atomic E-state index is 13.3. The van der Waals surface area contributed by atoms with E-state index in [1.54, 1.807) is 4.68 Å². The largest absolute Gasteiger partial charge is 0.387 e.